The van der Waals surface area contributed by atoms with E-state index in [1.54, 1.807) is 31.4 Å². The predicted molar refractivity (Wildman–Crippen MR) is 102 cm³/mol. The van der Waals surface area contributed by atoms with Crippen LogP contribution in [0.15, 0.2) is 36.7 Å². The molecule has 2 rings (SSSR count). The van der Waals surface area contributed by atoms with Crippen LogP contribution in [0, 0.1) is 11.3 Å². The van der Waals surface area contributed by atoms with Gasteiger partial charge in [0.05, 0.1) is 11.9 Å². The molecule has 0 saturated carbocycles. The van der Waals surface area contributed by atoms with Crippen molar-refractivity contribution in [1.82, 2.24) is 9.97 Å². The molecule has 0 spiro atoms. The Hall–Kier alpha value is -2.96. The largest absolute Gasteiger partial charge is 0.373 e. The Morgan fingerprint density at radius 1 is 1.32 bits per heavy atom. The summed E-state index contributed by atoms with van der Waals surface area (Å²) in [6.07, 6.45) is 3.16. The number of hydrogen-bond acceptors (Lipinski definition) is 6. The minimum atomic E-state index is -0.505. The molecule has 0 saturated heterocycles. The minimum Gasteiger partial charge on any atom is -0.373 e. The van der Waals surface area contributed by atoms with Crippen molar-refractivity contribution in [2.75, 3.05) is 36.2 Å². The van der Waals surface area contributed by atoms with Gasteiger partial charge in [0.2, 0.25) is 0 Å². The molecule has 7 heteroatoms. The molecule has 0 atom stereocenters. The zero-order valence-corrected chi connectivity index (χ0v) is 15.0. The van der Waals surface area contributed by atoms with E-state index in [0.29, 0.717) is 23.0 Å². The van der Waals surface area contributed by atoms with Crippen molar-refractivity contribution in [1.29, 1.82) is 5.41 Å². The van der Waals surface area contributed by atoms with Gasteiger partial charge in [-0.15, -0.1) is 0 Å². The van der Waals surface area contributed by atoms with Crippen molar-refractivity contribution in [2.45, 2.75) is 13.8 Å². The summed E-state index contributed by atoms with van der Waals surface area (Å²) in [5, 5.41) is 13.8. The summed E-state index contributed by atoms with van der Waals surface area (Å²) >= 11 is 0. The summed E-state index contributed by atoms with van der Waals surface area (Å²) in [7, 11) is 3.70. The van der Waals surface area contributed by atoms with Crippen molar-refractivity contribution < 1.29 is 4.79 Å². The highest BCUT2D eigenvalue weighted by atomic mass is 16.1. The first-order chi connectivity index (χ1) is 11.9. The summed E-state index contributed by atoms with van der Waals surface area (Å²) in [6, 6.07) is 7.01. The van der Waals surface area contributed by atoms with Crippen LogP contribution in [0.4, 0.5) is 17.3 Å². The molecule has 2 aromatic rings. The summed E-state index contributed by atoms with van der Waals surface area (Å²) in [5.41, 5.74) is 0.842. The number of nitrogens with one attached hydrogen (secondary N) is 3. The Morgan fingerprint density at radius 3 is 2.68 bits per heavy atom. The average Bonchev–Trinajstić information content (AvgIpc) is 2.60. The van der Waals surface area contributed by atoms with Crippen LogP contribution in [0.5, 0.6) is 0 Å². The predicted octanol–water partition coefficient (Wildman–Crippen LogP) is 2.62. The van der Waals surface area contributed by atoms with Gasteiger partial charge < -0.3 is 15.5 Å². The van der Waals surface area contributed by atoms with Gasteiger partial charge >= 0.3 is 0 Å². The average molecular weight is 340 g/mol. The summed E-state index contributed by atoms with van der Waals surface area (Å²) in [5.74, 6) is 1.30. The molecule has 2 heterocycles. The number of hydrogen-bond donors (Lipinski definition) is 3. The van der Waals surface area contributed by atoms with E-state index in [9.17, 15) is 4.79 Å². The number of rotatable bonds is 7. The summed E-state index contributed by atoms with van der Waals surface area (Å²) in [6.45, 7) is 5.15. The highest BCUT2D eigenvalue weighted by molar-refractivity contribution is 6.48. The van der Waals surface area contributed by atoms with Gasteiger partial charge in [-0.1, -0.05) is 13.8 Å². The molecule has 132 valence electrons. The fraction of sp³-hybridized carbons (Fsp3) is 0.333. The fourth-order valence-corrected chi connectivity index (χ4v) is 2.45. The van der Waals surface area contributed by atoms with Gasteiger partial charge in [0.15, 0.2) is 0 Å². The zero-order chi connectivity index (χ0) is 18.4. The second kappa shape index (κ2) is 8.23. The Kier molecular flexibility index (Phi) is 6.05. The first kappa shape index (κ1) is 18.4. The second-order valence-corrected chi connectivity index (χ2v) is 6.16. The summed E-state index contributed by atoms with van der Waals surface area (Å²) < 4.78 is 0. The molecule has 0 unspecified atom stereocenters. The van der Waals surface area contributed by atoms with Crippen molar-refractivity contribution in [3.63, 3.8) is 0 Å². The topological polar surface area (TPSA) is 94.0 Å². The van der Waals surface area contributed by atoms with Crippen LogP contribution in [-0.2, 0) is 4.79 Å². The van der Waals surface area contributed by atoms with Gasteiger partial charge in [0.1, 0.15) is 17.3 Å². The summed E-state index contributed by atoms with van der Waals surface area (Å²) in [4.78, 5) is 22.8. The van der Waals surface area contributed by atoms with Crippen molar-refractivity contribution in [3.8, 4) is 0 Å². The Morgan fingerprint density at radius 2 is 2.08 bits per heavy atom. The molecule has 0 aliphatic carbocycles. The van der Waals surface area contributed by atoms with E-state index in [1.807, 2.05) is 13.1 Å². The van der Waals surface area contributed by atoms with E-state index >= 15 is 0 Å². The standard InChI is InChI=1S/C18H24N6O/c1-12(2)11-24(4)15-8-7-14(17(20-3)23-15)16(19)18(25)22-13-6-5-9-21-10-13/h5-10,12,19H,11H2,1-4H3,(H,20,23)(H,22,25). The highest BCUT2D eigenvalue weighted by Crippen LogP contribution is 2.20. The molecule has 25 heavy (non-hydrogen) atoms. The Bertz CT molecular complexity index is 744. The molecule has 0 bridgehead atoms. The monoisotopic (exact) mass is 340 g/mol. The normalized spacial score (nSPS) is 10.4. The van der Waals surface area contributed by atoms with E-state index in [2.05, 4.69) is 39.3 Å². The number of nitrogens with zero attached hydrogens (tertiary/aromatic N) is 3. The van der Waals surface area contributed by atoms with Crippen molar-refractivity contribution >= 4 is 28.9 Å². The van der Waals surface area contributed by atoms with E-state index in [4.69, 9.17) is 5.41 Å². The van der Waals surface area contributed by atoms with Crippen LogP contribution < -0.4 is 15.5 Å². The third kappa shape index (κ3) is 4.76. The quantitative estimate of drug-likeness (QED) is 0.674. The third-order valence-corrected chi connectivity index (χ3v) is 3.56. The SMILES string of the molecule is CNc1nc(N(C)CC(C)C)ccc1C(=N)C(=O)Nc1cccnc1. The van der Waals surface area contributed by atoms with Crippen molar-refractivity contribution in [2.24, 2.45) is 5.92 Å². The lowest BCUT2D eigenvalue weighted by atomic mass is 10.1. The van der Waals surface area contributed by atoms with Crippen LogP contribution in [0.1, 0.15) is 19.4 Å². The lowest BCUT2D eigenvalue weighted by molar-refractivity contribution is -0.110. The van der Waals surface area contributed by atoms with E-state index in [0.717, 1.165) is 12.4 Å². The molecular weight excluding hydrogens is 316 g/mol. The Balaban J connectivity index is 2.20. The number of aromatic nitrogens is 2. The Labute approximate surface area is 148 Å². The van der Waals surface area contributed by atoms with Gasteiger partial charge in [-0.2, -0.15) is 0 Å². The van der Waals surface area contributed by atoms with Crippen LogP contribution >= 0.6 is 0 Å². The van der Waals surface area contributed by atoms with Gasteiger partial charge in [0, 0.05) is 32.4 Å². The van der Waals surface area contributed by atoms with E-state index in [1.165, 1.54) is 6.20 Å². The highest BCUT2D eigenvalue weighted by Gasteiger charge is 2.18. The van der Waals surface area contributed by atoms with Gasteiger partial charge in [-0.25, -0.2) is 4.98 Å². The number of carbonyl (C=O) groups is 1. The molecule has 0 aliphatic heterocycles. The maximum Gasteiger partial charge on any atom is 0.274 e. The lowest BCUT2D eigenvalue weighted by Crippen LogP contribution is -2.26. The molecule has 0 fully saturated rings. The third-order valence-electron chi connectivity index (χ3n) is 3.56. The molecule has 1 amide bonds. The maximum absolute atomic E-state index is 12.3. The minimum absolute atomic E-state index is 0.154. The van der Waals surface area contributed by atoms with Crippen molar-refractivity contribution in [3.05, 3.63) is 42.2 Å². The molecule has 2 aromatic heterocycles. The number of pyridine rings is 2. The van der Waals surface area contributed by atoms with E-state index < -0.39 is 5.91 Å². The lowest BCUT2D eigenvalue weighted by Gasteiger charge is -2.21. The fourth-order valence-electron chi connectivity index (χ4n) is 2.45. The molecule has 0 aromatic carbocycles. The number of amides is 1. The molecular formula is C18H24N6O. The van der Waals surface area contributed by atoms with Gasteiger partial charge in [-0.05, 0) is 30.2 Å². The van der Waals surface area contributed by atoms with Crippen LogP contribution in [0.2, 0.25) is 0 Å². The smallest absolute Gasteiger partial charge is 0.274 e. The number of carbonyl (C=O) groups excluding carboxylic acids is 1. The van der Waals surface area contributed by atoms with Crippen LogP contribution in [-0.4, -0.2) is 42.2 Å². The molecule has 7 nitrogen and oxygen atoms in total. The first-order valence-corrected chi connectivity index (χ1v) is 8.12. The maximum atomic E-state index is 12.3. The van der Waals surface area contributed by atoms with Crippen LogP contribution in [0.25, 0.3) is 0 Å². The van der Waals surface area contributed by atoms with Gasteiger partial charge in [0.25, 0.3) is 5.91 Å². The molecule has 3 N–H and O–H groups in total. The number of anilines is 3. The van der Waals surface area contributed by atoms with Gasteiger partial charge in [-0.3, -0.25) is 15.2 Å². The molecule has 0 radical (unpaired) electrons. The second-order valence-electron chi connectivity index (χ2n) is 6.16. The van der Waals surface area contributed by atoms with E-state index in [-0.39, 0.29) is 5.71 Å². The first-order valence-electron chi connectivity index (χ1n) is 8.12. The molecule has 0 aliphatic rings. The van der Waals surface area contributed by atoms with Crippen LogP contribution in [0.3, 0.4) is 0 Å². The zero-order valence-electron chi connectivity index (χ0n) is 15.0.